The topological polar surface area (TPSA) is 35.5 Å². The zero-order valence-electron chi connectivity index (χ0n) is 10.4. The number of hydrogen-bond acceptors (Lipinski definition) is 4. The Morgan fingerprint density at radius 2 is 2.12 bits per heavy atom. The van der Waals surface area contributed by atoms with Gasteiger partial charge in [-0.15, -0.1) is 11.3 Å². The molecular formula is C12H21BrN2OS. The molecule has 2 N–H and O–H groups in total. The summed E-state index contributed by atoms with van der Waals surface area (Å²) in [5.74, 6) is 0. The smallest absolute Gasteiger partial charge is 0.0791 e. The molecule has 1 aromatic heterocycles. The van der Waals surface area contributed by atoms with E-state index in [1.165, 1.54) is 4.88 Å². The van der Waals surface area contributed by atoms with E-state index in [1.54, 1.807) is 11.3 Å². The monoisotopic (exact) mass is 320 g/mol. The van der Waals surface area contributed by atoms with Gasteiger partial charge in [0.2, 0.25) is 0 Å². The highest BCUT2D eigenvalue weighted by atomic mass is 79.9. The predicted octanol–water partition coefficient (Wildman–Crippen LogP) is 2.30. The number of rotatable bonds is 8. The first-order valence-electron chi connectivity index (χ1n) is 6.01. The summed E-state index contributed by atoms with van der Waals surface area (Å²) in [7, 11) is 0. The first-order chi connectivity index (χ1) is 8.15. The zero-order valence-corrected chi connectivity index (χ0v) is 12.9. The average Bonchev–Trinajstić information content (AvgIpc) is 2.72. The van der Waals surface area contributed by atoms with Crippen molar-refractivity contribution in [3.63, 3.8) is 0 Å². The largest absolute Gasteiger partial charge is 0.390 e. The molecule has 0 fully saturated rings. The van der Waals surface area contributed by atoms with Crippen molar-refractivity contribution in [1.82, 2.24) is 10.2 Å². The third kappa shape index (κ3) is 5.97. The Morgan fingerprint density at radius 3 is 2.65 bits per heavy atom. The summed E-state index contributed by atoms with van der Waals surface area (Å²) in [5.41, 5.74) is 0. The molecule has 0 aliphatic rings. The maximum absolute atomic E-state index is 9.86. The quantitative estimate of drug-likeness (QED) is 0.771. The molecule has 3 nitrogen and oxygen atoms in total. The van der Waals surface area contributed by atoms with Crippen molar-refractivity contribution in [1.29, 1.82) is 0 Å². The van der Waals surface area contributed by atoms with Gasteiger partial charge in [-0.2, -0.15) is 0 Å². The summed E-state index contributed by atoms with van der Waals surface area (Å²) >= 11 is 5.16. The van der Waals surface area contributed by atoms with E-state index in [2.05, 4.69) is 46.1 Å². The number of thiophene rings is 1. The van der Waals surface area contributed by atoms with Gasteiger partial charge in [0.05, 0.1) is 9.89 Å². The number of likely N-dealkylation sites (N-methyl/N-ethyl adjacent to an activating group) is 1. The molecule has 0 aliphatic heterocycles. The van der Waals surface area contributed by atoms with Gasteiger partial charge in [-0.3, -0.25) is 0 Å². The van der Waals surface area contributed by atoms with Crippen LogP contribution in [0.25, 0.3) is 0 Å². The second-order valence-corrected chi connectivity index (χ2v) is 6.52. The third-order valence-electron chi connectivity index (χ3n) is 2.67. The highest BCUT2D eigenvalue weighted by molar-refractivity contribution is 9.11. The molecule has 1 rings (SSSR count). The van der Waals surface area contributed by atoms with Crippen molar-refractivity contribution in [2.45, 2.75) is 26.5 Å². The van der Waals surface area contributed by atoms with E-state index in [-0.39, 0.29) is 6.10 Å². The first-order valence-corrected chi connectivity index (χ1v) is 7.62. The second kappa shape index (κ2) is 8.21. The summed E-state index contributed by atoms with van der Waals surface area (Å²) in [5, 5.41) is 13.1. The minimum Gasteiger partial charge on any atom is -0.390 e. The van der Waals surface area contributed by atoms with Crippen molar-refractivity contribution < 1.29 is 5.11 Å². The fourth-order valence-corrected chi connectivity index (χ4v) is 3.11. The Labute approximate surface area is 116 Å². The Kier molecular flexibility index (Phi) is 7.30. The third-order valence-corrected chi connectivity index (χ3v) is 4.30. The standard InChI is InChI=1S/C12H21BrN2OS/c1-3-15(4-2)9-10(16)7-14-8-11-5-6-12(13)17-11/h5-6,10,14,16H,3-4,7-9H2,1-2H3. The molecule has 1 atom stereocenters. The van der Waals surface area contributed by atoms with Crippen LogP contribution >= 0.6 is 27.3 Å². The minimum atomic E-state index is -0.293. The molecule has 1 unspecified atom stereocenters. The van der Waals surface area contributed by atoms with E-state index in [1.807, 2.05) is 6.07 Å². The van der Waals surface area contributed by atoms with Gasteiger partial charge in [0.25, 0.3) is 0 Å². The molecule has 0 saturated carbocycles. The molecule has 0 bridgehead atoms. The summed E-state index contributed by atoms with van der Waals surface area (Å²) in [6.07, 6.45) is -0.293. The Morgan fingerprint density at radius 1 is 1.41 bits per heavy atom. The molecule has 1 heterocycles. The summed E-state index contributed by atoms with van der Waals surface area (Å²) in [6, 6.07) is 4.15. The maximum Gasteiger partial charge on any atom is 0.0791 e. The van der Waals surface area contributed by atoms with E-state index in [0.717, 1.165) is 30.0 Å². The molecule has 0 saturated heterocycles. The second-order valence-electron chi connectivity index (χ2n) is 3.98. The maximum atomic E-state index is 9.86. The number of aliphatic hydroxyl groups excluding tert-OH is 1. The molecule has 5 heteroatoms. The lowest BCUT2D eigenvalue weighted by atomic mass is 10.3. The van der Waals surface area contributed by atoms with Gasteiger partial charge in [-0.25, -0.2) is 0 Å². The Hall–Kier alpha value is 0.0600. The average molecular weight is 321 g/mol. The van der Waals surface area contributed by atoms with E-state index in [0.29, 0.717) is 6.54 Å². The van der Waals surface area contributed by atoms with Crippen molar-refractivity contribution >= 4 is 27.3 Å². The molecule has 0 aliphatic carbocycles. The molecular weight excluding hydrogens is 300 g/mol. The number of halogens is 1. The fraction of sp³-hybridized carbons (Fsp3) is 0.667. The Balaban J connectivity index is 2.17. The van der Waals surface area contributed by atoms with Crippen LogP contribution in [0.4, 0.5) is 0 Å². The Bertz CT molecular complexity index is 315. The summed E-state index contributed by atoms with van der Waals surface area (Å²) < 4.78 is 1.15. The molecule has 0 spiro atoms. The number of nitrogens with one attached hydrogen (secondary N) is 1. The molecule has 1 aromatic rings. The number of nitrogens with zero attached hydrogens (tertiary/aromatic N) is 1. The van der Waals surface area contributed by atoms with Crippen LogP contribution in [0, 0.1) is 0 Å². The normalized spacial score (nSPS) is 13.2. The van der Waals surface area contributed by atoms with E-state index in [4.69, 9.17) is 0 Å². The lowest BCUT2D eigenvalue weighted by Gasteiger charge is -2.21. The van der Waals surface area contributed by atoms with Gasteiger partial charge < -0.3 is 15.3 Å². The van der Waals surface area contributed by atoms with Crippen LogP contribution in [-0.2, 0) is 6.54 Å². The SMILES string of the molecule is CCN(CC)CC(O)CNCc1ccc(Br)s1. The number of aliphatic hydroxyl groups is 1. The van der Waals surface area contributed by atoms with Gasteiger partial charge in [0.1, 0.15) is 0 Å². The molecule has 0 aromatic carbocycles. The lowest BCUT2D eigenvalue weighted by Crippen LogP contribution is -2.38. The van der Waals surface area contributed by atoms with Crippen molar-refractivity contribution in [3.8, 4) is 0 Å². The molecule has 98 valence electrons. The van der Waals surface area contributed by atoms with Crippen LogP contribution in [0.2, 0.25) is 0 Å². The lowest BCUT2D eigenvalue weighted by molar-refractivity contribution is 0.116. The van der Waals surface area contributed by atoms with Crippen LogP contribution < -0.4 is 5.32 Å². The van der Waals surface area contributed by atoms with Gasteiger partial charge >= 0.3 is 0 Å². The summed E-state index contributed by atoms with van der Waals surface area (Å²) in [4.78, 5) is 3.51. The molecule has 0 radical (unpaired) electrons. The highest BCUT2D eigenvalue weighted by Gasteiger charge is 2.08. The van der Waals surface area contributed by atoms with Crippen LogP contribution in [0.3, 0.4) is 0 Å². The van der Waals surface area contributed by atoms with Crippen molar-refractivity contribution in [2.75, 3.05) is 26.2 Å². The van der Waals surface area contributed by atoms with Crippen LogP contribution in [0.5, 0.6) is 0 Å². The van der Waals surface area contributed by atoms with Gasteiger partial charge in [0.15, 0.2) is 0 Å². The van der Waals surface area contributed by atoms with Gasteiger partial charge in [-0.05, 0) is 41.2 Å². The predicted molar refractivity (Wildman–Crippen MR) is 77.5 cm³/mol. The fourth-order valence-electron chi connectivity index (χ4n) is 1.65. The van der Waals surface area contributed by atoms with E-state index >= 15 is 0 Å². The van der Waals surface area contributed by atoms with Crippen LogP contribution in [-0.4, -0.2) is 42.3 Å². The zero-order chi connectivity index (χ0) is 12.7. The highest BCUT2D eigenvalue weighted by Crippen LogP contribution is 2.21. The van der Waals surface area contributed by atoms with Gasteiger partial charge in [0, 0.05) is 24.5 Å². The molecule has 0 amide bonds. The first kappa shape index (κ1) is 15.1. The van der Waals surface area contributed by atoms with E-state index in [9.17, 15) is 5.11 Å². The van der Waals surface area contributed by atoms with Crippen LogP contribution in [0.1, 0.15) is 18.7 Å². The summed E-state index contributed by atoms with van der Waals surface area (Å²) in [6.45, 7) is 8.43. The number of hydrogen-bond donors (Lipinski definition) is 2. The van der Waals surface area contributed by atoms with E-state index < -0.39 is 0 Å². The molecule has 17 heavy (non-hydrogen) atoms. The minimum absolute atomic E-state index is 0.293. The van der Waals surface area contributed by atoms with Crippen molar-refractivity contribution in [2.24, 2.45) is 0 Å². The van der Waals surface area contributed by atoms with Crippen molar-refractivity contribution in [3.05, 3.63) is 20.8 Å². The van der Waals surface area contributed by atoms with Gasteiger partial charge in [-0.1, -0.05) is 13.8 Å². The van der Waals surface area contributed by atoms with Crippen LogP contribution in [0.15, 0.2) is 15.9 Å².